The lowest BCUT2D eigenvalue weighted by Crippen LogP contribution is -2.36. The summed E-state index contributed by atoms with van der Waals surface area (Å²) in [5.41, 5.74) is 2.67. The van der Waals surface area contributed by atoms with Crippen LogP contribution in [0.5, 0.6) is 11.5 Å². The SMILES string of the molecule is CCNC(=NCc1ccc(C(=O)N(C)C)cc1)NCc1cccc(OC)c1OC.I. The van der Waals surface area contributed by atoms with E-state index >= 15 is 0 Å². The smallest absolute Gasteiger partial charge is 0.253 e. The molecule has 1 amide bonds. The van der Waals surface area contributed by atoms with Gasteiger partial charge in [0, 0.05) is 38.3 Å². The van der Waals surface area contributed by atoms with Gasteiger partial charge in [-0.05, 0) is 30.7 Å². The Morgan fingerprint density at radius 3 is 2.30 bits per heavy atom. The third kappa shape index (κ3) is 7.08. The predicted molar refractivity (Wildman–Crippen MR) is 131 cm³/mol. The van der Waals surface area contributed by atoms with Gasteiger partial charge < -0.3 is 25.0 Å². The molecule has 0 aliphatic carbocycles. The van der Waals surface area contributed by atoms with E-state index in [0.29, 0.717) is 36.1 Å². The van der Waals surface area contributed by atoms with E-state index in [0.717, 1.165) is 17.7 Å². The number of nitrogens with one attached hydrogen (secondary N) is 2. The minimum absolute atomic E-state index is 0. The molecule has 0 unspecified atom stereocenters. The molecule has 0 heterocycles. The largest absolute Gasteiger partial charge is 0.493 e. The first-order valence-corrected chi connectivity index (χ1v) is 9.52. The van der Waals surface area contributed by atoms with Gasteiger partial charge in [-0.2, -0.15) is 0 Å². The summed E-state index contributed by atoms with van der Waals surface area (Å²) in [6.07, 6.45) is 0. The Balaban J connectivity index is 0.00000450. The lowest BCUT2D eigenvalue weighted by molar-refractivity contribution is 0.0827. The highest BCUT2D eigenvalue weighted by Crippen LogP contribution is 2.30. The third-order valence-corrected chi connectivity index (χ3v) is 4.30. The number of carbonyl (C=O) groups is 1. The van der Waals surface area contributed by atoms with E-state index < -0.39 is 0 Å². The van der Waals surface area contributed by atoms with Gasteiger partial charge in [0.2, 0.25) is 0 Å². The minimum atomic E-state index is -0.0118. The third-order valence-electron chi connectivity index (χ3n) is 4.30. The maximum absolute atomic E-state index is 12.0. The molecule has 2 rings (SSSR count). The first-order valence-electron chi connectivity index (χ1n) is 9.52. The molecule has 164 valence electrons. The molecule has 2 aromatic carbocycles. The van der Waals surface area contributed by atoms with E-state index in [1.807, 2.05) is 49.4 Å². The van der Waals surface area contributed by atoms with Gasteiger partial charge in [-0.15, -0.1) is 24.0 Å². The van der Waals surface area contributed by atoms with E-state index in [1.165, 1.54) is 0 Å². The van der Waals surface area contributed by atoms with Crippen LogP contribution in [0.2, 0.25) is 0 Å². The topological polar surface area (TPSA) is 75.2 Å². The minimum Gasteiger partial charge on any atom is -0.493 e. The number of ether oxygens (including phenoxy) is 2. The fourth-order valence-electron chi connectivity index (χ4n) is 2.79. The van der Waals surface area contributed by atoms with Crippen LogP contribution in [0.25, 0.3) is 0 Å². The van der Waals surface area contributed by atoms with Crippen molar-refractivity contribution in [3.63, 3.8) is 0 Å². The molecule has 0 aromatic heterocycles. The summed E-state index contributed by atoms with van der Waals surface area (Å²) in [7, 11) is 6.74. The first-order chi connectivity index (χ1) is 14.0. The summed E-state index contributed by atoms with van der Waals surface area (Å²) in [6.45, 7) is 3.81. The number of benzene rings is 2. The molecule has 0 aliphatic rings. The predicted octanol–water partition coefficient (Wildman–Crippen LogP) is 3.28. The summed E-state index contributed by atoms with van der Waals surface area (Å²) >= 11 is 0. The molecule has 0 fully saturated rings. The van der Waals surface area contributed by atoms with Crippen LogP contribution < -0.4 is 20.1 Å². The maximum atomic E-state index is 12.0. The van der Waals surface area contributed by atoms with Gasteiger partial charge in [-0.3, -0.25) is 4.79 Å². The Morgan fingerprint density at radius 1 is 1.03 bits per heavy atom. The molecule has 0 spiro atoms. The molecule has 0 bridgehead atoms. The Labute approximate surface area is 195 Å². The number of methoxy groups -OCH3 is 2. The Hall–Kier alpha value is -2.49. The second-order valence-electron chi connectivity index (χ2n) is 6.60. The Kier molecular flexibility index (Phi) is 11.0. The van der Waals surface area contributed by atoms with Gasteiger partial charge in [0.15, 0.2) is 17.5 Å². The van der Waals surface area contributed by atoms with Crippen molar-refractivity contribution in [2.75, 3.05) is 34.9 Å². The van der Waals surface area contributed by atoms with Crippen LogP contribution >= 0.6 is 24.0 Å². The molecule has 2 aromatic rings. The van der Waals surface area contributed by atoms with Gasteiger partial charge in [0.05, 0.1) is 20.8 Å². The van der Waals surface area contributed by atoms with E-state index in [2.05, 4.69) is 15.6 Å². The number of nitrogens with zero attached hydrogens (tertiary/aromatic N) is 2. The van der Waals surface area contributed by atoms with Crippen molar-refractivity contribution in [3.8, 4) is 11.5 Å². The lowest BCUT2D eigenvalue weighted by atomic mass is 10.1. The maximum Gasteiger partial charge on any atom is 0.253 e. The second-order valence-corrected chi connectivity index (χ2v) is 6.60. The molecule has 0 saturated heterocycles. The summed E-state index contributed by atoms with van der Waals surface area (Å²) < 4.78 is 10.8. The molecule has 8 heteroatoms. The van der Waals surface area contributed by atoms with E-state index in [9.17, 15) is 4.79 Å². The van der Waals surface area contributed by atoms with Crippen LogP contribution in [0.15, 0.2) is 47.5 Å². The first kappa shape index (κ1) is 25.5. The van der Waals surface area contributed by atoms with Gasteiger partial charge in [0.25, 0.3) is 5.91 Å². The number of para-hydroxylation sites is 1. The van der Waals surface area contributed by atoms with Crippen molar-refractivity contribution in [3.05, 3.63) is 59.2 Å². The number of guanidine groups is 1. The van der Waals surface area contributed by atoms with Crippen molar-refractivity contribution in [2.24, 2.45) is 4.99 Å². The summed E-state index contributed by atoms with van der Waals surface area (Å²) in [5, 5.41) is 6.56. The summed E-state index contributed by atoms with van der Waals surface area (Å²) in [5.74, 6) is 2.09. The summed E-state index contributed by atoms with van der Waals surface area (Å²) in [6, 6.07) is 13.3. The average Bonchev–Trinajstić information content (AvgIpc) is 2.74. The van der Waals surface area contributed by atoms with E-state index in [4.69, 9.17) is 9.47 Å². The molecule has 0 radical (unpaired) electrons. The normalized spacial score (nSPS) is 10.6. The fourth-order valence-corrected chi connectivity index (χ4v) is 2.79. The van der Waals surface area contributed by atoms with Crippen molar-refractivity contribution >= 4 is 35.8 Å². The molecule has 2 N–H and O–H groups in total. The van der Waals surface area contributed by atoms with Crippen molar-refractivity contribution < 1.29 is 14.3 Å². The summed E-state index contributed by atoms with van der Waals surface area (Å²) in [4.78, 5) is 18.2. The number of halogens is 1. The molecule has 7 nitrogen and oxygen atoms in total. The zero-order valence-corrected chi connectivity index (χ0v) is 20.5. The van der Waals surface area contributed by atoms with Crippen molar-refractivity contribution in [1.29, 1.82) is 0 Å². The molecule has 0 aliphatic heterocycles. The number of carbonyl (C=O) groups excluding carboxylic acids is 1. The second kappa shape index (κ2) is 12.9. The van der Waals surface area contributed by atoms with Crippen LogP contribution in [0.4, 0.5) is 0 Å². The van der Waals surface area contributed by atoms with Crippen molar-refractivity contribution in [2.45, 2.75) is 20.0 Å². The molecule has 0 saturated carbocycles. The number of hydrogen-bond donors (Lipinski definition) is 2. The molecule has 0 atom stereocenters. The highest BCUT2D eigenvalue weighted by molar-refractivity contribution is 14.0. The van der Waals surface area contributed by atoms with Crippen LogP contribution in [0, 0.1) is 0 Å². The van der Waals surface area contributed by atoms with Gasteiger partial charge in [-0.25, -0.2) is 4.99 Å². The number of rotatable bonds is 8. The zero-order chi connectivity index (χ0) is 21.2. The van der Waals surface area contributed by atoms with E-state index in [1.54, 1.807) is 33.2 Å². The number of aliphatic imine (C=N–C) groups is 1. The molecular weight excluding hydrogens is 495 g/mol. The highest BCUT2D eigenvalue weighted by Gasteiger charge is 2.10. The lowest BCUT2D eigenvalue weighted by Gasteiger charge is -2.15. The van der Waals surface area contributed by atoms with Crippen LogP contribution in [-0.2, 0) is 13.1 Å². The van der Waals surface area contributed by atoms with Gasteiger partial charge in [-0.1, -0.05) is 24.3 Å². The highest BCUT2D eigenvalue weighted by atomic mass is 127. The van der Waals surface area contributed by atoms with E-state index in [-0.39, 0.29) is 29.9 Å². The van der Waals surface area contributed by atoms with Crippen LogP contribution in [-0.4, -0.2) is 51.6 Å². The Bertz CT molecular complexity index is 839. The molecular formula is C22H31IN4O3. The van der Waals surface area contributed by atoms with Crippen LogP contribution in [0.1, 0.15) is 28.4 Å². The van der Waals surface area contributed by atoms with Crippen LogP contribution in [0.3, 0.4) is 0 Å². The standard InChI is InChI=1S/C22H30N4O3.HI/c1-6-23-22(25-15-18-8-7-9-19(28-4)20(18)29-5)24-14-16-10-12-17(13-11-16)21(27)26(2)3;/h7-13H,6,14-15H2,1-5H3,(H2,23,24,25);1H. The number of amides is 1. The quantitative estimate of drug-likeness (QED) is 0.314. The zero-order valence-electron chi connectivity index (χ0n) is 18.2. The fraction of sp³-hybridized carbons (Fsp3) is 0.364. The van der Waals surface area contributed by atoms with Crippen molar-refractivity contribution in [1.82, 2.24) is 15.5 Å². The number of hydrogen-bond acceptors (Lipinski definition) is 4. The monoisotopic (exact) mass is 526 g/mol. The van der Waals surface area contributed by atoms with Gasteiger partial charge >= 0.3 is 0 Å². The Morgan fingerprint density at radius 2 is 1.73 bits per heavy atom. The molecule has 30 heavy (non-hydrogen) atoms. The average molecular weight is 526 g/mol. The van der Waals surface area contributed by atoms with Gasteiger partial charge in [0.1, 0.15) is 0 Å².